The maximum Gasteiger partial charge on any atom is 0.227 e. The Balaban J connectivity index is 1.38. The maximum atomic E-state index is 9.98. The van der Waals surface area contributed by atoms with Crippen molar-refractivity contribution >= 4 is 28.9 Å². The maximum absolute atomic E-state index is 9.98. The first kappa shape index (κ1) is 24.5. The average Bonchev–Trinajstić information content (AvgIpc) is 3.25. The number of aromatic nitrogens is 2. The van der Waals surface area contributed by atoms with E-state index < -0.39 is 5.41 Å². The van der Waals surface area contributed by atoms with Crippen molar-refractivity contribution in [3.63, 3.8) is 0 Å². The van der Waals surface area contributed by atoms with Crippen LogP contribution in [0.4, 0.5) is 17.3 Å². The van der Waals surface area contributed by atoms with E-state index in [0.29, 0.717) is 29.7 Å². The number of hydrogen-bond acceptors (Lipinski definition) is 7. The number of aliphatic hydroxyl groups excluding tert-OH is 1. The van der Waals surface area contributed by atoms with Gasteiger partial charge in [0, 0.05) is 34.4 Å². The van der Waals surface area contributed by atoms with Gasteiger partial charge in [-0.15, -0.1) is 0 Å². The number of rotatable bonds is 6. The van der Waals surface area contributed by atoms with Gasteiger partial charge in [-0.2, -0.15) is 5.26 Å². The molecule has 2 aliphatic heterocycles. The van der Waals surface area contributed by atoms with Crippen LogP contribution in [-0.2, 0) is 5.41 Å². The molecule has 0 spiro atoms. The second kappa shape index (κ2) is 10.1. The summed E-state index contributed by atoms with van der Waals surface area (Å²) in [7, 11) is 0. The fourth-order valence-corrected chi connectivity index (χ4v) is 5.60. The van der Waals surface area contributed by atoms with Crippen molar-refractivity contribution in [2.75, 3.05) is 43.4 Å². The standard InChI is InChI=1S/C28H31ClN6O/c1-3-35-10-7-18(8-11-35)22-5-4-21(14-24(22)29)33-27-31-9-6-25(34-27)19-12-20(15-30)26-23(13-19)28(2,17-36)16-32-26/h4-6,9,12-14,18,32,36H,3,7-8,10-11,16-17H2,1-2H3,(H,31,33,34). The Morgan fingerprint density at radius 1 is 1.25 bits per heavy atom. The summed E-state index contributed by atoms with van der Waals surface area (Å²) in [5.41, 5.74) is 5.36. The summed E-state index contributed by atoms with van der Waals surface area (Å²) in [4.78, 5) is 11.6. The molecular weight excluding hydrogens is 472 g/mol. The highest BCUT2D eigenvalue weighted by atomic mass is 35.5. The van der Waals surface area contributed by atoms with E-state index in [1.165, 1.54) is 5.56 Å². The Bertz CT molecular complexity index is 1310. The first-order chi connectivity index (χ1) is 17.4. The molecule has 1 saturated heterocycles. The van der Waals surface area contributed by atoms with E-state index >= 15 is 0 Å². The van der Waals surface area contributed by atoms with Crippen molar-refractivity contribution in [3.05, 3.63) is 64.3 Å². The molecule has 5 rings (SSSR count). The number of fused-ring (bicyclic) bond motifs is 1. The summed E-state index contributed by atoms with van der Waals surface area (Å²) in [6, 6.07) is 14.0. The summed E-state index contributed by atoms with van der Waals surface area (Å²) >= 11 is 6.70. The Kier molecular flexibility index (Phi) is 6.85. The van der Waals surface area contributed by atoms with Crippen LogP contribution in [0.25, 0.3) is 11.3 Å². The molecule has 0 saturated carbocycles. The van der Waals surface area contributed by atoms with Gasteiger partial charge in [0.25, 0.3) is 0 Å². The predicted octanol–water partition coefficient (Wildman–Crippen LogP) is 5.29. The van der Waals surface area contributed by atoms with Crippen LogP contribution in [-0.4, -0.2) is 52.8 Å². The van der Waals surface area contributed by atoms with E-state index in [1.54, 1.807) is 6.20 Å². The molecule has 1 unspecified atom stereocenters. The second-order valence-electron chi connectivity index (χ2n) is 9.97. The van der Waals surface area contributed by atoms with E-state index in [1.807, 2.05) is 37.3 Å². The molecule has 2 aliphatic rings. The zero-order chi connectivity index (χ0) is 25.3. The predicted molar refractivity (Wildman–Crippen MR) is 144 cm³/mol. The third-order valence-corrected chi connectivity index (χ3v) is 7.92. The van der Waals surface area contributed by atoms with E-state index in [-0.39, 0.29) is 6.61 Å². The van der Waals surface area contributed by atoms with Crippen LogP contribution in [0.15, 0.2) is 42.6 Å². The van der Waals surface area contributed by atoms with Gasteiger partial charge in [-0.05, 0) is 79.9 Å². The fourth-order valence-electron chi connectivity index (χ4n) is 5.27. The lowest BCUT2D eigenvalue weighted by Gasteiger charge is -2.31. The highest BCUT2D eigenvalue weighted by Crippen LogP contribution is 2.41. The topological polar surface area (TPSA) is 97.1 Å². The van der Waals surface area contributed by atoms with Crippen LogP contribution in [0.5, 0.6) is 0 Å². The zero-order valence-electron chi connectivity index (χ0n) is 20.7. The van der Waals surface area contributed by atoms with E-state index in [2.05, 4.69) is 39.6 Å². The number of benzene rings is 2. The van der Waals surface area contributed by atoms with Crippen LogP contribution in [0.2, 0.25) is 5.02 Å². The Labute approximate surface area is 217 Å². The number of aliphatic hydroxyl groups is 1. The van der Waals surface area contributed by atoms with E-state index in [0.717, 1.165) is 60.0 Å². The van der Waals surface area contributed by atoms with E-state index in [4.69, 9.17) is 16.6 Å². The third-order valence-electron chi connectivity index (χ3n) is 7.60. The molecule has 2 aromatic carbocycles. The molecule has 3 N–H and O–H groups in total. The molecule has 0 bridgehead atoms. The molecule has 3 heterocycles. The minimum absolute atomic E-state index is 0.00757. The highest BCUT2D eigenvalue weighted by Gasteiger charge is 2.36. The quantitative estimate of drug-likeness (QED) is 0.421. The minimum Gasteiger partial charge on any atom is -0.395 e. The smallest absolute Gasteiger partial charge is 0.227 e. The second-order valence-corrected chi connectivity index (χ2v) is 10.4. The Morgan fingerprint density at radius 3 is 2.75 bits per heavy atom. The van der Waals surface area contributed by atoms with Gasteiger partial charge in [0.05, 0.1) is 23.6 Å². The summed E-state index contributed by atoms with van der Waals surface area (Å²) in [5, 5.41) is 27.0. The molecule has 1 atom stereocenters. The average molecular weight is 503 g/mol. The number of anilines is 3. The highest BCUT2D eigenvalue weighted by molar-refractivity contribution is 6.31. The van der Waals surface area contributed by atoms with E-state index in [9.17, 15) is 10.4 Å². The summed E-state index contributed by atoms with van der Waals surface area (Å²) in [5.74, 6) is 0.941. The van der Waals surface area contributed by atoms with Gasteiger partial charge in [-0.25, -0.2) is 9.97 Å². The SMILES string of the molecule is CCN1CCC(c2ccc(Nc3nccc(-c4cc(C#N)c5c(c4)C(C)(CO)CN5)n3)cc2Cl)CC1. The summed E-state index contributed by atoms with van der Waals surface area (Å²) in [6.07, 6.45) is 3.95. The lowest BCUT2D eigenvalue weighted by molar-refractivity contribution is 0.219. The normalized spacial score (nSPS) is 20.0. The molecule has 8 heteroatoms. The molecule has 3 aromatic rings. The van der Waals surface area contributed by atoms with Crippen molar-refractivity contribution in [1.82, 2.24) is 14.9 Å². The van der Waals surface area contributed by atoms with Crippen molar-refractivity contribution in [3.8, 4) is 17.3 Å². The third kappa shape index (κ3) is 4.64. The van der Waals surface area contributed by atoms with Crippen LogP contribution >= 0.6 is 11.6 Å². The minimum atomic E-state index is -0.448. The van der Waals surface area contributed by atoms with Crippen LogP contribution in [0.3, 0.4) is 0 Å². The lowest BCUT2D eigenvalue weighted by Crippen LogP contribution is -2.32. The molecule has 36 heavy (non-hydrogen) atoms. The van der Waals surface area contributed by atoms with Crippen molar-refractivity contribution in [1.29, 1.82) is 5.26 Å². The van der Waals surface area contributed by atoms with Gasteiger partial charge in [0.2, 0.25) is 5.95 Å². The molecular formula is C28H31ClN6O. The summed E-state index contributed by atoms with van der Waals surface area (Å²) < 4.78 is 0. The van der Waals surface area contributed by atoms with Gasteiger partial charge in [0.1, 0.15) is 6.07 Å². The fraction of sp³-hybridized carbons (Fsp3) is 0.393. The molecule has 1 fully saturated rings. The largest absolute Gasteiger partial charge is 0.395 e. The number of nitriles is 1. The van der Waals surface area contributed by atoms with Gasteiger partial charge in [0.15, 0.2) is 0 Å². The molecule has 7 nitrogen and oxygen atoms in total. The van der Waals surface area contributed by atoms with Crippen LogP contribution < -0.4 is 10.6 Å². The molecule has 186 valence electrons. The lowest BCUT2D eigenvalue weighted by atomic mass is 9.83. The van der Waals surface area contributed by atoms with Crippen molar-refractivity contribution < 1.29 is 5.11 Å². The summed E-state index contributed by atoms with van der Waals surface area (Å²) in [6.45, 7) is 8.10. The molecule has 0 amide bonds. The van der Waals surface area contributed by atoms with Gasteiger partial charge >= 0.3 is 0 Å². The van der Waals surface area contributed by atoms with Gasteiger partial charge in [-0.1, -0.05) is 31.5 Å². The zero-order valence-corrected chi connectivity index (χ0v) is 21.4. The van der Waals surface area contributed by atoms with Crippen molar-refractivity contribution in [2.24, 2.45) is 0 Å². The number of likely N-dealkylation sites (tertiary alicyclic amines) is 1. The van der Waals surface area contributed by atoms with Crippen LogP contribution in [0.1, 0.15) is 49.3 Å². The molecule has 1 aromatic heterocycles. The number of halogens is 1. The van der Waals surface area contributed by atoms with Gasteiger partial charge in [-0.3, -0.25) is 0 Å². The first-order valence-electron chi connectivity index (χ1n) is 12.5. The van der Waals surface area contributed by atoms with Crippen molar-refractivity contribution in [2.45, 2.75) is 38.0 Å². The number of nitrogens with zero attached hydrogens (tertiary/aromatic N) is 4. The first-order valence-corrected chi connectivity index (χ1v) is 12.9. The number of piperidine rings is 1. The Morgan fingerprint density at radius 2 is 2.06 bits per heavy atom. The van der Waals surface area contributed by atoms with Gasteiger partial charge < -0.3 is 20.6 Å². The molecule has 0 aliphatic carbocycles. The van der Waals surface area contributed by atoms with Crippen LogP contribution in [0, 0.1) is 11.3 Å². The monoisotopic (exact) mass is 502 g/mol. The number of nitrogens with one attached hydrogen (secondary N) is 2. The Hall–Kier alpha value is -3.18. The molecule has 0 radical (unpaired) electrons. The number of hydrogen-bond donors (Lipinski definition) is 3.